The number of phenols is 1. The van der Waals surface area contributed by atoms with Crippen LogP contribution in [0.4, 0.5) is 11.4 Å². The second kappa shape index (κ2) is 19.1. The van der Waals surface area contributed by atoms with Crippen LogP contribution in [0.1, 0.15) is 64.0 Å². The number of nitrogens with zero attached hydrogens (tertiary/aromatic N) is 1. The van der Waals surface area contributed by atoms with Crippen molar-refractivity contribution in [1.82, 2.24) is 10.6 Å². The van der Waals surface area contributed by atoms with Gasteiger partial charge in [0.2, 0.25) is 11.8 Å². The van der Waals surface area contributed by atoms with E-state index in [9.17, 15) is 34.2 Å². The Bertz CT molecular complexity index is 1730. The van der Waals surface area contributed by atoms with Crippen molar-refractivity contribution < 1.29 is 38.9 Å². The summed E-state index contributed by atoms with van der Waals surface area (Å²) >= 11 is 2.95. The van der Waals surface area contributed by atoms with Crippen molar-refractivity contribution in [1.29, 1.82) is 0 Å². The molecule has 1 radical (unpaired) electrons. The molecule has 52 heavy (non-hydrogen) atoms. The Kier molecular flexibility index (Phi) is 14.9. The van der Waals surface area contributed by atoms with Gasteiger partial charge in [-0.25, -0.2) is 4.79 Å². The number of amides is 3. The van der Waals surface area contributed by atoms with E-state index in [1.165, 1.54) is 47.8 Å². The fraction of sp³-hybridized carbons (Fsp3) is 0.395. The Hall–Kier alpha value is -4.14. The molecule has 0 aliphatic carbocycles. The van der Waals surface area contributed by atoms with Crippen LogP contribution in [0.5, 0.6) is 11.5 Å². The lowest BCUT2D eigenvalue weighted by Crippen LogP contribution is -2.49. The maximum absolute atomic E-state index is 14.7. The Morgan fingerprint density at radius 3 is 2.17 bits per heavy atom. The zero-order valence-electron chi connectivity index (χ0n) is 29.7. The number of thioether (sulfide) groups is 2. The number of ether oxygens (including phenoxy) is 1. The summed E-state index contributed by atoms with van der Waals surface area (Å²) in [5.74, 6) is -2.47. The van der Waals surface area contributed by atoms with Crippen molar-refractivity contribution in [2.75, 3.05) is 29.8 Å². The van der Waals surface area contributed by atoms with E-state index in [0.29, 0.717) is 57.1 Å². The van der Waals surface area contributed by atoms with Gasteiger partial charge in [-0.15, -0.1) is 23.5 Å². The zero-order valence-corrected chi connectivity index (χ0v) is 32.2. The minimum Gasteiger partial charge on any atom is -0.508 e. The van der Waals surface area contributed by atoms with Gasteiger partial charge in [-0.05, 0) is 67.3 Å². The van der Waals surface area contributed by atoms with Gasteiger partial charge in [-0.1, -0.05) is 69.9 Å². The van der Waals surface area contributed by atoms with Crippen LogP contribution in [0, 0.1) is 5.41 Å². The van der Waals surface area contributed by atoms with Gasteiger partial charge in [0, 0.05) is 16.3 Å². The smallest absolute Gasteiger partial charge is 0.327 e. The van der Waals surface area contributed by atoms with E-state index in [1.807, 2.05) is 56.5 Å². The van der Waals surface area contributed by atoms with Crippen LogP contribution in [-0.2, 0) is 24.0 Å². The number of para-hydroxylation sites is 1. The number of aliphatic carboxylic acids is 1. The van der Waals surface area contributed by atoms with Crippen LogP contribution >= 0.6 is 35.3 Å². The summed E-state index contributed by atoms with van der Waals surface area (Å²) in [6, 6.07) is 16.0. The number of fused-ring (bicyclic) bond motifs is 1. The van der Waals surface area contributed by atoms with Gasteiger partial charge in [0.15, 0.2) is 11.7 Å². The van der Waals surface area contributed by atoms with Crippen LogP contribution in [0.2, 0.25) is 0 Å². The van der Waals surface area contributed by atoms with Gasteiger partial charge in [0.05, 0.1) is 10.6 Å². The number of carbonyl (C=O) groups is 5. The fourth-order valence-corrected chi connectivity index (χ4v) is 8.28. The van der Waals surface area contributed by atoms with Gasteiger partial charge in [0.1, 0.15) is 29.0 Å². The lowest BCUT2D eigenvalue weighted by atomic mass is 9.77. The number of carboxylic acids is 1. The van der Waals surface area contributed by atoms with Crippen molar-refractivity contribution in [3.8, 4) is 11.5 Å². The first-order valence-electron chi connectivity index (χ1n) is 17.1. The third kappa shape index (κ3) is 9.64. The van der Waals surface area contributed by atoms with Crippen LogP contribution < -0.4 is 20.3 Å². The predicted octanol–water partition coefficient (Wildman–Crippen LogP) is 6.68. The number of unbranched alkanes of at least 4 members (excludes halogenated alkanes) is 2. The van der Waals surface area contributed by atoms with Gasteiger partial charge < -0.3 is 25.6 Å². The Labute approximate surface area is 317 Å². The number of hydrogen-bond acceptors (Lipinski definition) is 9. The molecule has 279 valence electrons. The standard InChI is InChI=1S/C38H46N3O8S3/c1-5-7-18-38(19-8-6-2)36(47)41(25-12-10-9-11-13-25)28-20-31(51-4)29(21-30(28)52-37(38)48)49-22-32(43)40-33(24-14-16-26(42)17-15-24)34(44)39-27(23-50-3)35(45)46/h9-17,20-21,27,33,42,52H,5-8,18-19,22-23H2,1-4H3,(H,39,44)(H,40,43)(H,45,46)/t27-,33-/m1/s1. The second-order valence-corrected chi connectivity index (χ2v) is 15.3. The van der Waals surface area contributed by atoms with Crippen LogP contribution in [0.25, 0.3) is 0 Å². The SMILES string of the molecule is CCCCC1(CCCC)C(=O)[SH]c2cc(OCC(=O)N[C@@H](C(=O)N[C@H](CSC)C(=O)O)c3ccc(O)cc3)c(SC)cc2N(c2ccccc2)C1=O. The number of aromatic hydroxyl groups is 1. The molecular weight excluding hydrogens is 723 g/mol. The molecule has 0 saturated heterocycles. The van der Waals surface area contributed by atoms with E-state index in [0.717, 1.165) is 25.7 Å². The van der Waals surface area contributed by atoms with E-state index >= 15 is 0 Å². The second-order valence-electron chi connectivity index (χ2n) is 12.4. The third-order valence-corrected chi connectivity index (χ3v) is 11.4. The first-order chi connectivity index (χ1) is 25.0. The molecule has 0 aromatic heterocycles. The van der Waals surface area contributed by atoms with Crippen LogP contribution in [0.3, 0.4) is 0 Å². The molecule has 2 atom stereocenters. The number of carbonyl (C=O) groups excluding carboxylic acids is 4. The first kappa shape index (κ1) is 40.6. The van der Waals surface area contributed by atoms with E-state index in [1.54, 1.807) is 17.2 Å². The molecule has 14 heteroatoms. The molecule has 0 saturated carbocycles. The van der Waals surface area contributed by atoms with E-state index in [2.05, 4.69) is 10.6 Å². The molecule has 0 spiro atoms. The molecule has 1 heterocycles. The van der Waals surface area contributed by atoms with Gasteiger partial charge in [0.25, 0.3) is 5.91 Å². The van der Waals surface area contributed by atoms with Gasteiger partial charge in [-0.2, -0.15) is 11.8 Å². The predicted molar refractivity (Wildman–Crippen MR) is 208 cm³/mol. The number of thiol groups is 1. The summed E-state index contributed by atoms with van der Waals surface area (Å²) in [4.78, 5) is 70.3. The number of anilines is 2. The van der Waals surface area contributed by atoms with Gasteiger partial charge in [-0.3, -0.25) is 24.1 Å². The maximum Gasteiger partial charge on any atom is 0.327 e. The molecule has 0 bridgehead atoms. The number of phenolic OH excluding ortho intramolecular Hbond substituents is 1. The number of nitrogens with one attached hydrogen (secondary N) is 2. The Balaban J connectivity index is 1.67. The molecule has 4 N–H and O–H groups in total. The lowest BCUT2D eigenvalue weighted by molar-refractivity contribution is -0.141. The largest absolute Gasteiger partial charge is 0.508 e. The van der Waals surface area contributed by atoms with Crippen molar-refractivity contribution in [2.24, 2.45) is 5.41 Å². The van der Waals surface area contributed by atoms with Crippen LogP contribution in [-0.4, -0.2) is 69.9 Å². The average molecular weight is 769 g/mol. The van der Waals surface area contributed by atoms with E-state index < -0.39 is 41.9 Å². The Morgan fingerprint density at radius 1 is 0.942 bits per heavy atom. The topological polar surface area (TPSA) is 162 Å². The molecule has 4 rings (SSSR count). The molecule has 1 aliphatic rings. The molecular formula is C38H46N3O8S3. The van der Waals surface area contributed by atoms with E-state index in [-0.39, 0.29) is 22.5 Å². The van der Waals surface area contributed by atoms with Crippen molar-refractivity contribution in [3.05, 3.63) is 72.3 Å². The molecule has 11 nitrogen and oxygen atoms in total. The fourth-order valence-electron chi connectivity index (χ4n) is 5.96. The minimum atomic E-state index is -1.28. The maximum atomic E-state index is 14.7. The summed E-state index contributed by atoms with van der Waals surface area (Å²) in [5, 5.41) is 24.3. The number of rotatable bonds is 18. The van der Waals surface area contributed by atoms with Crippen molar-refractivity contribution in [3.63, 3.8) is 0 Å². The van der Waals surface area contributed by atoms with Crippen molar-refractivity contribution in [2.45, 2.75) is 74.2 Å². The summed E-state index contributed by atoms with van der Waals surface area (Å²) in [7, 11) is 0. The number of hydrogen-bond donors (Lipinski definition) is 5. The molecule has 0 fully saturated rings. The third-order valence-electron chi connectivity index (χ3n) is 8.77. The first-order valence-corrected chi connectivity index (χ1v) is 20.6. The lowest BCUT2D eigenvalue weighted by Gasteiger charge is -2.34. The molecule has 0 unspecified atom stereocenters. The highest BCUT2D eigenvalue weighted by Crippen LogP contribution is 2.51. The zero-order chi connectivity index (χ0) is 37.8. The number of carboxylic acid groups (broad SMARTS) is 1. The van der Waals surface area contributed by atoms with Gasteiger partial charge >= 0.3 is 5.97 Å². The summed E-state index contributed by atoms with van der Waals surface area (Å²) < 4.78 is 6.05. The highest BCUT2D eigenvalue weighted by atomic mass is 32.2. The molecule has 3 aromatic carbocycles. The van der Waals surface area contributed by atoms with Crippen LogP contribution in [0.15, 0.2) is 76.5 Å². The summed E-state index contributed by atoms with van der Waals surface area (Å²) in [6.07, 6.45) is 7.59. The highest BCUT2D eigenvalue weighted by molar-refractivity contribution is 8.14. The minimum absolute atomic E-state index is 0.0468. The Morgan fingerprint density at radius 2 is 1.60 bits per heavy atom. The van der Waals surface area contributed by atoms with E-state index in [4.69, 9.17) is 4.74 Å². The average Bonchev–Trinajstić information content (AvgIpc) is 3.22. The normalized spacial score (nSPS) is 14.9. The summed E-state index contributed by atoms with van der Waals surface area (Å²) in [5.41, 5.74) is 0.355. The quantitative estimate of drug-likeness (QED) is 0.0537. The molecule has 3 aromatic rings. The molecule has 3 amide bonds. The monoisotopic (exact) mass is 768 g/mol. The highest BCUT2D eigenvalue weighted by Gasteiger charge is 2.50. The molecule has 1 aliphatic heterocycles. The van der Waals surface area contributed by atoms with Crippen molar-refractivity contribution >= 4 is 75.5 Å². The summed E-state index contributed by atoms with van der Waals surface area (Å²) in [6.45, 7) is 3.58. The number of benzene rings is 3.